The van der Waals surface area contributed by atoms with E-state index < -0.39 is 0 Å². The van der Waals surface area contributed by atoms with Gasteiger partial charge in [0.25, 0.3) is 0 Å². The van der Waals surface area contributed by atoms with Crippen LogP contribution in [0, 0.1) is 5.82 Å². The number of benzene rings is 2. The van der Waals surface area contributed by atoms with E-state index in [2.05, 4.69) is 5.32 Å². The Balaban J connectivity index is 2.31. The van der Waals surface area contributed by atoms with Crippen molar-refractivity contribution in [2.24, 2.45) is 5.73 Å². The number of rotatable bonds is 5. The largest absolute Gasteiger partial charge is 0.496 e. The Hall–Kier alpha value is -1.78. The topological polar surface area (TPSA) is 47.3 Å². The molecule has 0 saturated carbocycles. The minimum Gasteiger partial charge on any atom is -0.496 e. The summed E-state index contributed by atoms with van der Waals surface area (Å²) in [4.78, 5) is 0. The summed E-state index contributed by atoms with van der Waals surface area (Å²) in [5.74, 6) is 0.371. The fourth-order valence-corrected chi connectivity index (χ4v) is 2.19. The van der Waals surface area contributed by atoms with Crippen LogP contribution in [0.25, 0.3) is 0 Å². The Labute approximate surface area is 122 Å². The lowest BCUT2D eigenvalue weighted by Gasteiger charge is -2.21. The van der Waals surface area contributed by atoms with Gasteiger partial charge in [-0.15, -0.1) is 0 Å². The Morgan fingerprint density at radius 1 is 1.30 bits per heavy atom. The third-order valence-electron chi connectivity index (χ3n) is 3.01. The lowest BCUT2D eigenvalue weighted by atomic mass is 10.1. The molecule has 0 aliphatic rings. The monoisotopic (exact) mass is 294 g/mol. The molecule has 3 N–H and O–H groups in total. The molecule has 0 saturated heterocycles. The fourth-order valence-electron chi connectivity index (χ4n) is 2.01. The quantitative estimate of drug-likeness (QED) is 0.886. The van der Waals surface area contributed by atoms with Crippen LogP contribution in [0.1, 0.15) is 11.6 Å². The van der Waals surface area contributed by atoms with Crippen LogP contribution in [-0.2, 0) is 0 Å². The van der Waals surface area contributed by atoms with Gasteiger partial charge < -0.3 is 15.8 Å². The van der Waals surface area contributed by atoms with E-state index in [0.29, 0.717) is 17.3 Å². The molecule has 0 amide bonds. The van der Waals surface area contributed by atoms with Crippen molar-refractivity contribution in [1.82, 2.24) is 0 Å². The number of nitrogens with two attached hydrogens (primary N) is 1. The number of hydrogen-bond donors (Lipinski definition) is 2. The minimum atomic E-state index is -0.354. The van der Waals surface area contributed by atoms with E-state index in [9.17, 15) is 4.39 Å². The van der Waals surface area contributed by atoms with Crippen LogP contribution >= 0.6 is 11.6 Å². The lowest BCUT2D eigenvalue weighted by Crippen LogP contribution is -2.21. The van der Waals surface area contributed by atoms with Crippen LogP contribution in [-0.4, -0.2) is 13.7 Å². The highest BCUT2D eigenvalue weighted by atomic mass is 35.5. The average molecular weight is 295 g/mol. The van der Waals surface area contributed by atoms with Gasteiger partial charge in [0.15, 0.2) is 0 Å². The average Bonchev–Trinajstić information content (AvgIpc) is 2.48. The number of para-hydroxylation sites is 1. The first-order chi connectivity index (χ1) is 9.65. The molecule has 0 aliphatic heterocycles. The highest BCUT2D eigenvalue weighted by Crippen LogP contribution is 2.30. The van der Waals surface area contributed by atoms with Gasteiger partial charge in [-0.3, -0.25) is 0 Å². The van der Waals surface area contributed by atoms with Gasteiger partial charge in [0, 0.05) is 12.1 Å². The zero-order valence-electron chi connectivity index (χ0n) is 11.1. The first-order valence-corrected chi connectivity index (χ1v) is 6.58. The van der Waals surface area contributed by atoms with Gasteiger partial charge in [-0.1, -0.05) is 29.8 Å². The molecule has 0 bridgehead atoms. The van der Waals surface area contributed by atoms with Crippen molar-refractivity contribution in [2.75, 3.05) is 19.0 Å². The van der Waals surface area contributed by atoms with Crippen molar-refractivity contribution >= 4 is 17.3 Å². The van der Waals surface area contributed by atoms with Crippen molar-refractivity contribution < 1.29 is 9.13 Å². The van der Waals surface area contributed by atoms with Crippen molar-refractivity contribution in [3.8, 4) is 5.75 Å². The molecular formula is C15H16ClFN2O. The van der Waals surface area contributed by atoms with E-state index in [1.807, 2.05) is 24.3 Å². The summed E-state index contributed by atoms with van der Waals surface area (Å²) in [6.45, 7) is 0.327. The molecule has 2 rings (SSSR count). The van der Waals surface area contributed by atoms with Gasteiger partial charge in [0.05, 0.1) is 23.9 Å². The first-order valence-electron chi connectivity index (χ1n) is 6.20. The highest BCUT2D eigenvalue weighted by Gasteiger charge is 2.15. The van der Waals surface area contributed by atoms with E-state index in [0.717, 1.165) is 11.3 Å². The summed E-state index contributed by atoms with van der Waals surface area (Å²) >= 11 is 6.06. The van der Waals surface area contributed by atoms with Crippen molar-refractivity contribution in [2.45, 2.75) is 6.04 Å². The first kappa shape index (κ1) is 14.6. The summed E-state index contributed by atoms with van der Waals surface area (Å²) < 4.78 is 18.6. The van der Waals surface area contributed by atoms with Crippen molar-refractivity contribution in [3.05, 3.63) is 58.9 Å². The van der Waals surface area contributed by atoms with E-state index in [1.165, 1.54) is 18.2 Å². The Kier molecular flexibility index (Phi) is 4.82. The predicted molar refractivity (Wildman–Crippen MR) is 79.8 cm³/mol. The van der Waals surface area contributed by atoms with Crippen molar-refractivity contribution in [1.29, 1.82) is 0 Å². The summed E-state index contributed by atoms with van der Waals surface area (Å²) in [5, 5.41) is 3.60. The molecule has 1 atom stereocenters. The van der Waals surface area contributed by atoms with E-state index in [-0.39, 0.29) is 11.9 Å². The molecule has 5 heteroatoms. The maximum absolute atomic E-state index is 13.3. The van der Waals surface area contributed by atoms with Crippen LogP contribution < -0.4 is 15.8 Å². The van der Waals surface area contributed by atoms with Gasteiger partial charge >= 0.3 is 0 Å². The third-order valence-corrected chi connectivity index (χ3v) is 3.34. The van der Waals surface area contributed by atoms with Gasteiger partial charge in [0.1, 0.15) is 11.6 Å². The number of halogens is 2. The summed E-state index contributed by atoms with van der Waals surface area (Å²) in [7, 11) is 1.60. The zero-order valence-corrected chi connectivity index (χ0v) is 11.8. The normalized spacial score (nSPS) is 12.0. The molecule has 2 aromatic rings. The van der Waals surface area contributed by atoms with Gasteiger partial charge in [-0.05, 0) is 24.3 Å². The molecular weight excluding hydrogens is 279 g/mol. The van der Waals surface area contributed by atoms with E-state index >= 15 is 0 Å². The van der Waals surface area contributed by atoms with E-state index in [1.54, 1.807) is 7.11 Å². The van der Waals surface area contributed by atoms with Crippen LogP contribution in [0.2, 0.25) is 5.02 Å². The molecule has 0 aromatic heterocycles. The number of anilines is 1. The van der Waals surface area contributed by atoms with Crippen LogP contribution in [0.3, 0.4) is 0 Å². The fraction of sp³-hybridized carbons (Fsp3) is 0.200. The Bertz CT molecular complexity index is 592. The second kappa shape index (κ2) is 6.59. The number of ether oxygens (including phenoxy) is 1. The summed E-state index contributed by atoms with van der Waals surface area (Å²) in [6, 6.07) is 11.5. The van der Waals surface area contributed by atoms with Gasteiger partial charge in [-0.2, -0.15) is 0 Å². The minimum absolute atomic E-state index is 0.217. The molecule has 2 aromatic carbocycles. The molecule has 0 aliphatic carbocycles. The SMILES string of the molecule is COc1ccccc1C(CN)Nc1cc(F)ccc1Cl. The van der Waals surface area contributed by atoms with Crippen LogP contribution in [0.5, 0.6) is 5.75 Å². The van der Waals surface area contributed by atoms with Gasteiger partial charge in [0.2, 0.25) is 0 Å². The summed E-state index contributed by atoms with van der Waals surface area (Å²) in [6.07, 6.45) is 0. The molecule has 0 spiro atoms. The molecule has 1 unspecified atom stereocenters. The lowest BCUT2D eigenvalue weighted by molar-refractivity contribution is 0.407. The maximum Gasteiger partial charge on any atom is 0.125 e. The van der Waals surface area contributed by atoms with Crippen LogP contribution in [0.15, 0.2) is 42.5 Å². The smallest absolute Gasteiger partial charge is 0.125 e. The predicted octanol–water partition coefficient (Wildman–Crippen LogP) is 3.60. The number of nitrogens with one attached hydrogen (secondary N) is 1. The Morgan fingerprint density at radius 3 is 2.75 bits per heavy atom. The standard InChI is InChI=1S/C15H16ClFN2O/c1-20-15-5-3-2-4-11(15)14(9-18)19-13-8-10(17)6-7-12(13)16/h2-8,14,19H,9,18H2,1H3. The third kappa shape index (κ3) is 3.21. The van der Waals surface area contributed by atoms with Crippen LogP contribution in [0.4, 0.5) is 10.1 Å². The molecule has 0 fully saturated rings. The molecule has 0 radical (unpaired) electrons. The molecule has 106 valence electrons. The molecule has 0 heterocycles. The van der Waals surface area contributed by atoms with Gasteiger partial charge in [-0.25, -0.2) is 4.39 Å². The highest BCUT2D eigenvalue weighted by molar-refractivity contribution is 6.33. The zero-order chi connectivity index (χ0) is 14.5. The Morgan fingerprint density at radius 2 is 2.05 bits per heavy atom. The summed E-state index contributed by atoms with van der Waals surface area (Å²) in [5.41, 5.74) is 7.22. The second-order valence-electron chi connectivity index (χ2n) is 4.30. The van der Waals surface area contributed by atoms with Crippen molar-refractivity contribution in [3.63, 3.8) is 0 Å². The number of hydrogen-bond acceptors (Lipinski definition) is 3. The molecule has 3 nitrogen and oxygen atoms in total. The molecule has 20 heavy (non-hydrogen) atoms. The second-order valence-corrected chi connectivity index (χ2v) is 4.71. The number of methoxy groups -OCH3 is 1. The maximum atomic E-state index is 13.3. The van der Waals surface area contributed by atoms with E-state index in [4.69, 9.17) is 22.1 Å².